The summed E-state index contributed by atoms with van der Waals surface area (Å²) in [7, 11) is -3.78. The summed E-state index contributed by atoms with van der Waals surface area (Å²) in [5, 5.41) is 2.90. The van der Waals surface area contributed by atoms with E-state index in [0.29, 0.717) is 30.3 Å². The van der Waals surface area contributed by atoms with E-state index >= 15 is 0 Å². The van der Waals surface area contributed by atoms with Gasteiger partial charge in [0.2, 0.25) is 5.91 Å². The first-order valence-electron chi connectivity index (χ1n) is 12.6. The average Bonchev–Trinajstić information content (AvgIpc) is 2.82. The highest BCUT2D eigenvalue weighted by molar-refractivity contribution is 7.90. The molecule has 0 aromatic heterocycles. The minimum Gasteiger partial charge on any atom is -0.491 e. The maximum absolute atomic E-state index is 13.4. The first-order valence-corrected chi connectivity index (χ1v) is 14.0. The molecule has 7 nitrogen and oxygen atoms in total. The lowest BCUT2D eigenvalue weighted by molar-refractivity contribution is -0.115. The van der Waals surface area contributed by atoms with E-state index < -0.39 is 10.0 Å². The Hall–Kier alpha value is -2.87. The van der Waals surface area contributed by atoms with Crippen LogP contribution in [0.4, 0.5) is 11.4 Å². The first kappa shape index (κ1) is 26.7. The zero-order chi connectivity index (χ0) is 25.3. The summed E-state index contributed by atoms with van der Waals surface area (Å²) in [6.45, 7) is 6.98. The number of carbonyl (C=O) groups is 1. The number of rotatable bonds is 13. The van der Waals surface area contributed by atoms with Crippen molar-refractivity contribution >= 4 is 33.1 Å². The van der Waals surface area contributed by atoms with Gasteiger partial charge in [0.25, 0.3) is 10.0 Å². The molecule has 3 rings (SSSR count). The zero-order valence-electron chi connectivity index (χ0n) is 21.0. The van der Waals surface area contributed by atoms with E-state index in [2.05, 4.69) is 17.2 Å². The number of amidine groups is 1. The number of carbonyl (C=O) groups excluding carboxylic acids is 1. The molecule has 2 aromatic rings. The van der Waals surface area contributed by atoms with Gasteiger partial charge in [-0.25, -0.2) is 13.4 Å². The fraction of sp³-hybridized carbons (Fsp3) is 0.481. The van der Waals surface area contributed by atoms with Gasteiger partial charge in [-0.05, 0) is 49.6 Å². The van der Waals surface area contributed by atoms with Gasteiger partial charge in [0.15, 0.2) is 0 Å². The maximum Gasteiger partial charge on any atom is 0.267 e. The smallest absolute Gasteiger partial charge is 0.267 e. The SMILES string of the molecule is CCCCCCCCN1C(CC(=O)Nc2cc(C)ccc2OCCC)=Nc2ccccc2S1(=O)=O. The van der Waals surface area contributed by atoms with Crippen LogP contribution in [-0.4, -0.2) is 37.6 Å². The van der Waals surface area contributed by atoms with E-state index in [1.54, 1.807) is 24.3 Å². The van der Waals surface area contributed by atoms with Gasteiger partial charge in [0, 0.05) is 6.54 Å². The molecule has 0 spiro atoms. The monoisotopic (exact) mass is 499 g/mol. The van der Waals surface area contributed by atoms with Gasteiger partial charge in [-0.3, -0.25) is 9.10 Å². The molecule has 0 saturated heterocycles. The molecule has 1 aliphatic heterocycles. The highest BCUT2D eigenvalue weighted by Crippen LogP contribution is 2.33. The number of nitrogens with one attached hydrogen (secondary N) is 1. The van der Waals surface area contributed by atoms with Crippen molar-refractivity contribution in [1.29, 1.82) is 0 Å². The summed E-state index contributed by atoms with van der Waals surface area (Å²) in [5.74, 6) is 0.509. The molecule has 0 radical (unpaired) electrons. The van der Waals surface area contributed by atoms with Gasteiger partial charge in [-0.1, -0.05) is 64.2 Å². The van der Waals surface area contributed by atoms with Crippen molar-refractivity contribution in [1.82, 2.24) is 4.31 Å². The largest absolute Gasteiger partial charge is 0.491 e. The van der Waals surface area contributed by atoms with Gasteiger partial charge < -0.3 is 10.1 Å². The van der Waals surface area contributed by atoms with Crippen LogP contribution >= 0.6 is 0 Å². The molecule has 0 saturated carbocycles. The second-order valence-corrected chi connectivity index (χ2v) is 10.7. The molecule has 1 aliphatic rings. The molecule has 35 heavy (non-hydrogen) atoms. The van der Waals surface area contributed by atoms with Crippen molar-refractivity contribution in [2.24, 2.45) is 4.99 Å². The number of anilines is 1. The van der Waals surface area contributed by atoms with Crippen LogP contribution < -0.4 is 10.1 Å². The van der Waals surface area contributed by atoms with Crippen LogP contribution in [-0.2, 0) is 14.8 Å². The summed E-state index contributed by atoms with van der Waals surface area (Å²) in [5.41, 5.74) is 1.93. The Balaban J connectivity index is 1.79. The van der Waals surface area contributed by atoms with Crippen LogP contribution in [0.5, 0.6) is 5.75 Å². The minimum atomic E-state index is -3.78. The second kappa shape index (κ2) is 12.7. The molecule has 0 unspecified atom stereocenters. The summed E-state index contributed by atoms with van der Waals surface area (Å²) in [4.78, 5) is 17.8. The number of fused-ring (bicyclic) bond motifs is 1. The van der Waals surface area contributed by atoms with Crippen molar-refractivity contribution < 1.29 is 17.9 Å². The average molecular weight is 500 g/mol. The number of hydrogen-bond acceptors (Lipinski definition) is 5. The number of amides is 1. The van der Waals surface area contributed by atoms with Crippen LogP contribution in [0.2, 0.25) is 0 Å². The van der Waals surface area contributed by atoms with Crippen LogP contribution in [0.1, 0.15) is 70.8 Å². The molecule has 0 aliphatic carbocycles. The predicted molar refractivity (Wildman–Crippen MR) is 141 cm³/mol. The van der Waals surface area contributed by atoms with Crippen LogP contribution in [0.3, 0.4) is 0 Å². The van der Waals surface area contributed by atoms with E-state index in [1.807, 2.05) is 32.0 Å². The third-order valence-corrected chi connectivity index (χ3v) is 7.75. The van der Waals surface area contributed by atoms with Gasteiger partial charge in [-0.15, -0.1) is 0 Å². The van der Waals surface area contributed by atoms with Crippen LogP contribution in [0.25, 0.3) is 0 Å². The summed E-state index contributed by atoms with van der Waals surface area (Å²) in [6.07, 6.45) is 6.93. The topological polar surface area (TPSA) is 88.1 Å². The summed E-state index contributed by atoms with van der Waals surface area (Å²) < 4.78 is 34.0. The van der Waals surface area contributed by atoms with Crippen molar-refractivity contribution in [3.8, 4) is 5.75 Å². The van der Waals surface area contributed by atoms with Crippen molar-refractivity contribution in [2.75, 3.05) is 18.5 Å². The summed E-state index contributed by atoms with van der Waals surface area (Å²) in [6, 6.07) is 12.3. The number of unbranched alkanes of at least 4 members (excludes halogenated alkanes) is 5. The Bertz CT molecular complexity index is 1140. The number of aryl methyl sites for hydroxylation is 1. The van der Waals surface area contributed by atoms with Crippen molar-refractivity contribution in [2.45, 2.75) is 77.0 Å². The molecule has 0 atom stereocenters. The molecule has 1 heterocycles. The van der Waals surface area contributed by atoms with Gasteiger partial charge in [0.05, 0.1) is 24.4 Å². The fourth-order valence-corrected chi connectivity index (χ4v) is 5.67. The van der Waals surface area contributed by atoms with Crippen LogP contribution in [0.15, 0.2) is 52.4 Å². The fourth-order valence-electron chi connectivity index (χ4n) is 4.05. The molecule has 1 amide bonds. The van der Waals surface area contributed by atoms with E-state index in [-0.39, 0.29) is 23.1 Å². The lowest BCUT2D eigenvalue weighted by atomic mass is 10.1. The van der Waals surface area contributed by atoms with E-state index in [4.69, 9.17) is 4.74 Å². The van der Waals surface area contributed by atoms with E-state index in [9.17, 15) is 13.2 Å². The van der Waals surface area contributed by atoms with Crippen molar-refractivity contribution in [3.63, 3.8) is 0 Å². The molecular weight excluding hydrogens is 462 g/mol. The molecular formula is C27H37N3O4S. The number of nitrogens with zero attached hydrogens (tertiary/aromatic N) is 2. The number of hydrogen-bond donors (Lipinski definition) is 1. The standard InChI is InChI=1S/C27H37N3O4S/c1-4-6-7-8-9-12-17-30-26(28-22-13-10-11-14-25(22)35(30,32)33)20-27(31)29-23-19-21(3)15-16-24(23)34-18-5-2/h10-11,13-16,19H,4-9,12,17-18,20H2,1-3H3,(H,29,31). The van der Waals surface area contributed by atoms with Crippen molar-refractivity contribution in [3.05, 3.63) is 48.0 Å². The van der Waals surface area contributed by atoms with Crippen LogP contribution in [0, 0.1) is 6.92 Å². The van der Waals surface area contributed by atoms with Gasteiger partial charge in [-0.2, -0.15) is 0 Å². The lowest BCUT2D eigenvalue weighted by Gasteiger charge is -2.29. The Morgan fingerprint density at radius 1 is 1.00 bits per heavy atom. The quantitative estimate of drug-likeness (QED) is 0.332. The highest BCUT2D eigenvalue weighted by atomic mass is 32.2. The summed E-state index contributed by atoms with van der Waals surface area (Å²) >= 11 is 0. The third kappa shape index (κ3) is 7.07. The Morgan fingerprint density at radius 2 is 1.74 bits per heavy atom. The minimum absolute atomic E-state index is 0.148. The maximum atomic E-state index is 13.4. The first-order chi connectivity index (χ1) is 16.9. The van der Waals surface area contributed by atoms with Gasteiger partial charge >= 0.3 is 0 Å². The Labute approximate surface area is 209 Å². The predicted octanol–water partition coefficient (Wildman–Crippen LogP) is 6.21. The number of benzene rings is 2. The van der Waals surface area contributed by atoms with E-state index in [1.165, 1.54) is 10.7 Å². The number of ether oxygens (including phenoxy) is 1. The second-order valence-electron chi connectivity index (χ2n) is 8.91. The highest BCUT2D eigenvalue weighted by Gasteiger charge is 2.34. The third-order valence-electron chi connectivity index (χ3n) is 5.87. The normalized spacial score (nSPS) is 14.3. The molecule has 2 aromatic carbocycles. The Morgan fingerprint density at radius 3 is 2.51 bits per heavy atom. The zero-order valence-corrected chi connectivity index (χ0v) is 21.9. The van der Waals surface area contributed by atoms with E-state index in [0.717, 1.165) is 44.1 Å². The molecule has 0 bridgehead atoms. The van der Waals surface area contributed by atoms with Gasteiger partial charge in [0.1, 0.15) is 16.5 Å². The molecule has 8 heteroatoms. The molecule has 0 fully saturated rings. The Kier molecular flexibility index (Phi) is 9.72. The lowest BCUT2D eigenvalue weighted by Crippen LogP contribution is -2.41. The molecule has 190 valence electrons. The number of sulfonamides is 1. The number of para-hydroxylation sites is 1. The molecule has 1 N–H and O–H groups in total. The number of aliphatic imine (C=N–C) groups is 1.